The Morgan fingerprint density at radius 1 is 1.50 bits per heavy atom. The quantitative estimate of drug-likeness (QED) is 0.673. The summed E-state index contributed by atoms with van der Waals surface area (Å²) in [5, 5.41) is 20.7. The Morgan fingerprint density at radius 3 is 2.60 bits per heavy atom. The first-order valence-corrected chi connectivity index (χ1v) is 7.11. The zero-order valence-corrected chi connectivity index (χ0v) is 12.0. The Bertz CT molecular complexity index is 542. The zero-order chi connectivity index (χ0) is 14.9. The number of thioether (sulfide) groups is 1. The highest BCUT2D eigenvalue weighted by Crippen LogP contribution is 2.30. The van der Waals surface area contributed by atoms with Crippen molar-refractivity contribution >= 4 is 29.2 Å². The smallest absolute Gasteiger partial charge is 0.339 e. The molecule has 1 saturated heterocycles. The van der Waals surface area contributed by atoms with E-state index < -0.39 is 10.9 Å². The van der Waals surface area contributed by atoms with Gasteiger partial charge in [-0.05, 0) is 0 Å². The lowest BCUT2D eigenvalue weighted by Crippen LogP contribution is -2.41. The molecule has 20 heavy (non-hydrogen) atoms. The Morgan fingerprint density at radius 2 is 2.10 bits per heavy atom. The molecular formula is C12H15N3O4S. The lowest BCUT2D eigenvalue weighted by atomic mass is 10.2. The first-order chi connectivity index (χ1) is 9.38. The summed E-state index contributed by atoms with van der Waals surface area (Å²) in [6, 6.07) is 1.07. The fourth-order valence-corrected chi connectivity index (χ4v) is 3.63. The van der Waals surface area contributed by atoms with Crippen LogP contribution < -0.4 is 4.90 Å². The maximum Gasteiger partial charge on any atom is 0.339 e. The summed E-state index contributed by atoms with van der Waals surface area (Å²) in [4.78, 5) is 27.3. The molecule has 0 radical (unpaired) electrons. The molecule has 1 aromatic rings. The van der Waals surface area contributed by atoms with Crippen molar-refractivity contribution in [3.63, 3.8) is 0 Å². The first kappa shape index (κ1) is 14.6. The molecule has 1 N–H and O–H groups in total. The van der Waals surface area contributed by atoms with Gasteiger partial charge in [0.05, 0.1) is 4.92 Å². The van der Waals surface area contributed by atoms with Crippen LogP contribution in [0.4, 0.5) is 11.5 Å². The topological polar surface area (TPSA) is 96.6 Å². The number of rotatable bonds is 3. The Kier molecular flexibility index (Phi) is 4.12. The van der Waals surface area contributed by atoms with Gasteiger partial charge in [-0.3, -0.25) is 10.1 Å². The molecule has 0 aliphatic carbocycles. The van der Waals surface area contributed by atoms with E-state index in [1.165, 1.54) is 0 Å². The molecule has 0 saturated carbocycles. The zero-order valence-electron chi connectivity index (χ0n) is 11.1. The van der Waals surface area contributed by atoms with Crippen molar-refractivity contribution in [2.45, 2.75) is 24.3 Å². The third-order valence-electron chi connectivity index (χ3n) is 3.01. The molecule has 2 heterocycles. The van der Waals surface area contributed by atoms with Crippen LogP contribution in [-0.4, -0.2) is 44.6 Å². The van der Waals surface area contributed by atoms with E-state index in [1.54, 1.807) is 0 Å². The van der Waals surface area contributed by atoms with Crippen LogP contribution in [0.15, 0.2) is 12.3 Å². The Balaban J connectivity index is 2.40. The lowest BCUT2D eigenvalue weighted by Gasteiger charge is -2.35. The van der Waals surface area contributed by atoms with Crippen LogP contribution in [0.3, 0.4) is 0 Å². The molecule has 1 aromatic heterocycles. The molecule has 1 aliphatic heterocycles. The normalized spacial score (nSPS) is 22.6. The molecular weight excluding hydrogens is 282 g/mol. The van der Waals surface area contributed by atoms with Crippen LogP contribution in [-0.2, 0) is 0 Å². The van der Waals surface area contributed by atoms with Crippen LogP contribution in [0, 0.1) is 10.1 Å². The van der Waals surface area contributed by atoms with Gasteiger partial charge in [0.15, 0.2) is 0 Å². The van der Waals surface area contributed by atoms with E-state index in [1.807, 2.05) is 16.7 Å². The van der Waals surface area contributed by atoms with Crippen molar-refractivity contribution in [3.05, 3.63) is 27.9 Å². The van der Waals surface area contributed by atoms with Crippen molar-refractivity contribution in [3.8, 4) is 0 Å². The van der Waals surface area contributed by atoms with Crippen LogP contribution in [0.1, 0.15) is 24.2 Å². The number of aromatic nitrogens is 1. The number of aromatic carboxylic acids is 1. The number of nitro groups is 1. The summed E-state index contributed by atoms with van der Waals surface area (Å²) in [5.41, 5.74) is -0.427. The summed E-state index contributed by atoms with van der Waals surface area (Å²) in [7, 11) is 0. The number of carbonyl (C=O) groups is 1. The lowest BCUT2D eigenvalue weighted by molar-refractivity contribution is -0.385. The summed E-state index contributed by atoms with van der Waals surface area (Å²) in [6.45, 7) is 5.50. The van der Waals surface area contributed by atoms with E-state index >= 15 is 0 Å². The second-order valence-corrected chi connectivity index (χ2v) is 6.67. The van der Waals surface area contributed by atoms with Gasteiger partial charge in [-0.25, -0.2) is 9.78 Å². The summed E-state index contributed by atoms with van der Waals surface area (Å²) < 4.78 is 0. The van der Waals surface area contributed by atoms with E-state index in [-0.39, 0.29) is 11.3 Å². The van der Waals surface area contributed by atoms with Crippen LogP contribution in [0.2, 0.25) is 0 Å². The number of carboxylic acids is 1. The fourth-order valence-electron chi connectivity index (χ4n) is 2.31. The molecule has 7 nitrogen and oxygen atoms in total. The fraction of sp³-hybridized carbons (Fsp3) is 0.500. The molecule has 108 valence electrons. The molecule has 1 aliphatic rings. The second kappa shape index (κ2) is 5.66. The number of hydrogen-bond donors (Lipinski definition) is 1. The predicted octanol–water partition coefficient (Wildman–Crippen LogP) is 2.02. The number of anilines is 1. The molecule has 0 aromatic carbocycles. The molecule has 2 unspecified atom stereocenters. The van der Waals surface area contributed by atoms with E-state index in [0.717, 1.165) is 12.3 Å². The van der Waals surface area contributed by atoms with Gasteiger partial charge in [0.25, 0.3) is 5.69 Å². The van der Waals surface area contributed by atoms with Gasteiger partial charge >= 0.3 is 5.97 Å². The van der Waals surface area contributed by atoms with Gasteiger partial charge < -0.3 is 10.0 Å². The average molecular weight is 297 g/mol. The minimum atomic E-state index is -1.20. The van der Waals surface area contributed by atoms with Gasteiger partial charge in [-0.15, -0.1) is 0 Å². The number of nitrogens with zero attached hydrogens (tertiary/aromatic N) is 3. The SMILES string of the molecule is CC1CN(c2ncc([N+](=O)[O-])cc2C(=O)O)CC(C)S1. The van der Waals surface area contributed by atoms with E-state index in [2.05, 4.69) is 18.8 Å². The van der Waals surface area contributed by atoms with Gasteiger partial charge in [0.2, 0.25) is 0 Å². The Hall–Kier alpha value is -1.83. The van der Waals surface area contributed by atoms with Crippen LogP contribution in [0.25, 0.3) is 0 Å². The highest BCUT2D eigenvalue weighted by molar-refractivity contribution is 8.00. The van der Waals surface area contributed by atoms with Crippen molar-refractivity contribution < 1.29 is 14.8 Å². The molecule has 0 spiro atoms. The number of pyridine rings is 1. The average Bonchev–Trinajstić information content (AvgIpc) is 2.36. The monoisotopic (exact) mass is 297 g/mol. The maximum absolute atomic E-state index is 11.3. The molecule has 2 rings (SSSR count). The molecule has 8 heteroatoms. The molecule has 2 atom stereocenters. The summed E-state index contributed by atoms with van der Waals surface area (Å²) in [5.74, 6) is -0.892. The first-order valence-electron chi connectivity index (χ1n) is 6.16. The van der Waals surface area contributed by atoms with E-state index in [0.29, 0.717) is 29.4 Å². The third kappa shape index (κ3) is 3.01. The highest BCUT2D eigenvalue weighted by Gasteiger charge is 2.27. The third-order valence-corrected chi connectivity index (χ3v) is 4.24. The van der Waals surface area contributed by atoms with Crippen molar-refractivity contribution in [2.75, 3.05) is 18.0 Å². The van der Waals surface area contributed by atoms with Crippen molar-refractivity contribution in [1.29, 1.82) is 0 Å². The highest BCUT2D eigenvalue weighted by atomic mass is 32.2. The minimum absolute atomic E-state index is 0.120. The van der Waals surface area contributed by atoms with Gasteiger partial charge in [0.1, 0.15) is 17.6 Å². The van der Waals surface area contributed by atoms with Crippen molar-refractivity contribution in [2.24, 2.45) is 0 Å². The second-order valence-electron chi connectivity index (χ2n) is 4.79. The molecule has 1 fully saturated rings. The largest absolute Gasteiger partial charge is 0.478 e. The summed E-state index contributed by atoms with van der Waals surface area (Å²) >= 11 is 1.84. The van der Waals surface area contributed by atoms with E-state index in [9.17, 15) is 20.0 Å². The molecule has 0 amide bonds. The Labute approximate surface area is 120 Å². The van der Waals surface area contributed by atoms with E-state index in [4.69, 9.17) is 0 Å². The summed E-state index contributed by atoms with van der Waals surface area (Å²) in [6.07, 6.45) is 1.11. The van der Waals surface area contributed by atoms with Crippen molar-refractivity contribution in [1.82, 2.24) is 4.98 Å². The van der Waals surface area contributed by atoms with Gasteiger partial charge in [-0.2, -0.15) is 11.8 Å². The van der Waals surface area contributed by atoms with Gasteiger partial charge in [-0.1, -0.05) is 13.8 Å². The standard InChI is InChI=1S/C12H15N3O4S/c1-7-5-14(6-8(2)20-7)11-10(12(16)17)3-9(4-13-11)15(18)19/h3-4,7-8H,5-6H2,1-2H3,(H,16,17). The minimum Gasteiger partial charge on any atom is -0.478 e. The van der Waals surface area contributed by atoms with Crippen LogP contribution in [0.5, 0.6) is 0 Å². The number of carboxylic acid groups (broad SMARTS) is 1. The van der Waals surface area contributed by atoms with Gasteiger partial charge in [0, 0.05) is 29.7 Å². The molecule has 0 bridgehead atoms. The van der Waals surface area contributed by atoms with Crippen LogP contribution >= 0.6 is 11.8 Å². The maximum atomic E-state index is 11.3. The number of hydrogen-bond acceptors (Lipinski definition) is 6. The predicted molar refractivity (Wildman–Crippen MR) is 76.6 cm³/mol.